The van der Waals surface area contributed by atoms with Crippen LogP contribution in [0.3, 0.4) is 0 Å². The topological polar surface area (TPSA) is 75.9 Å². The third kappa shape index (κ3) is 3.69. The minimum Gasteiger partial charge on any atom is -0.392 e. The summed E-state index contributed by atoms with van der Waals surface area (Å²) in [6, 6.07) is 5.34. The molecule has 3 heterocycles. The lowest BCUT2D eigenvalue weighted by molar-refractivity contribution is -0.141. The number of hydrogen-bond donors (Lipinski definition) is 2. The Morgan fingerprint density at radius 1 is 1.12 bits per heavy atom. The zero-order valence-corrected chi connectivity index (χ0v) is 18.0. The van der Waals surface area contributed by atoms with E-state index in [1.54, 1.807) is 12.3 Å². The highest BCUT2D eigenvalue weighted by Crippen LogP contribution is 2.46. The van der Waals surface area contributed by atoms with E-state index in [1.165, 1.54) is 30.7 Å². The van der Waals surface area contributed by atoms with Gasteiger partial charge >= 0.3 is 6.18 Å². The maximum absolute atomic E-state index is 14.6. The molecule has 0 saturated heterocycles. The molecule has 0 aliphatic heterocycles. The van der Waals surface area contributed by atoms with E-state index < -0.39 is 17.7 Å². The van der Waals surface area contributed by atoms with Crippen molar-refractivity contribution < 1.29 is 22.7 Å². The van der Waals surface area contributed by atoms with E-state index in [2.05, 4.69) is 20.4 Å². The highest BCUT2D eigenvalue weighted by molar-refractivity contribution is 5.91. The van der Waals surface area contributed by atoms with E-state index in [9.17, 15) is 22.7 Å². The Bertz CT molecular complexity index is 1400. The predicted octanol–water partition coefficient (Wildman–Crippen LogP) is 4.98. The number of anilines is 1. The minimum atomic E-state index is -4.62. The first-order valence-corrected chi connectivity index (χ1v) is 10.6. The number of hydrogen-bond acceptors (Lipinski definition) is 5. The van der Waals surface area contributed by atoms with Crippen LogP contribution in [0.5, 0.6) is 0 Å². The van der Waals surface area contributed by atoms with Crippen molar-refractivity contribution in [3.63, 3.8) is 0 Å². The van der Waals surface area contributed by atoms with E-state index >= 15 is 0 Å². The van der Waals surface area contributed by atoms with Gasteiger partial charge in [0.25, 0.3) is 0 Å². The number of alkyl halides is 3. The van der Waals surface area contributed by atoms with E-state index in [-0.39, 0.29) is 6.61 Å². The molecule has 1 aliphatic rings. The van der Waals surface area contributed by atoms with E-state index in [0.29, 0.717) is 57.9 Å². The molecular weight excluding hydrogens is 450 g/mol. The van der Waals surface area contributed by atoms with Crippen LogP contribution in [0.15, 0.2) is 49.1 Å². The summed E-state index contributed by atoms with van der Waals surface area (Å²) in [5, 5.41) is 16.5. The number of rotatable bonds is 5. The SMILES string of the molecule is CCNc1cc(F)cc2c1Cc1ncc(-c3cncc(CO)c3)c(-n3ccc(C(F)(F)F)n3)c1-2. The summed E-state index contributed by atoms with van der Waals surface area (Å²) in [6.07, 6.45) is 1.58. The molecule has 0 unspecified atom stereocenters. The van der Waals surface area contributed by atoms with Crippen LogP contribution < -0.4 is 5.32 Å². The lowest BCUT2D eigenvalue weighted by atomic mass is 9.98. The Morgan fingerprint density at radius 2 is 1.94 bits per heavy atom. The third-order valence-electron chi connectivity index (χ3n) is 5.72. The van der Waals surface area contributed by atoms with Crippen molar-refractivity contribution >= 4 is 5.69 Å². The van der Waals surface area contributed by atoms with Crippen molar-refractivity contribution in [1.29, 1.82) is 0 Å². The second-order valence-corrected chi connectivity index (χ2v) is 7.91. The molecule has 0 amide bonds. The highest BCUT2D eigenvalue weighted by atomic mass is 19.4. The molecule has 0 bridgehead atoms. The van der Waals surface area contributed by atoms with Crippen LogP contribution >= 0.6 is 0 Å². The average Bonchev–Trinajstić information content (AvgIpc) is 3.44. The molecule has 0 atom stereocenters. The van der Waals surface area contributed by atoms with Crippen molar-refractivity contribution in [2.45, 2.75) is 26.1 Å². The monoisotopic (exact) mass is 469 g/mol. The van der Waals surface area contributed by atoms with Gasteiger partial charge in [-0.2, -0.15) is 18.3 Å². The van der Waals surface area contributed by atoms with Gasteiger partial charge in [0, 0.05) is 60.1 Å². The van der Waals surface area contributed by atoms with Crippen LogP contribution in [0.1, 0.15) is 29.4 Å². The van der Waals surface area contributed by atoms with Gasteiger partial charge in [0.05, 0.1) is 18.0 Å². The molecule has 174 valence electrons. The minimum absolute atomic E-state index is 0.255. The largest absolute Gasteiger partial charge is 0.435 e. The summed E-state index contributed by atoms with van der Waals surface area (Å²) in [6.45, 7) is 2.21. The van der Waals surface area contributed by atoms with Crippen LogP contribution in [-0.4, -0.2) is 31.4 Å². The lowest BCUT2D eigenvalue weighted by Crippen LogP contribution is -2.09. The molecular formula is C24H19F4N5O. The first kappa shape index (κ1) is 22.0. The third-order valence-corrected chi connectivity index (χ3v) is 5.72. The predicted molar refractivity (Wildman–Crippen MR) is 118 cm³/mol. The molecule has 34 heavy (non-hydrogen) atoms. The van der Waals surface area contributed by atoms with E-state index in [4.69, 9.17) is 0 Å². The Balaban J connectivity index is 1.81. The summed E-state index contributed by atoms with van der Waals surface area (Å²) in [7, 11) is 0. The van der Waals surface area contributed by atoms with Gasteiger partial charge in [-0.3, -0.25) is 9.97 Å². The second kappa shape index (κ2) is 8.21. The number of pyridine rings is 2. The van der Waals surface area contributed by atoms with Gasteiger partial charge in [-0.25, -0.2) is 9.07 Å². The molecule has 3 aromatic heterocycles. The van der Waals surface area contributed by atoms with Gasteiger partial charge in [-0.1, -0.05) is 0 Å². The van der Waals surface area contributed by atoms with E-state index in [1.807, 2.05) is 6.92 Å². The Morgan fingerprint density at radius 3 is 2.65 bits per heavy atom. The Hall–Kier alpha value is -3.79. The quantitative estimate of drug-likeness (QED) is 0.355. The van der Waals surface area contributed by atoms with Crippen LogP contribution in [0.2, 0.25) is 0 Å². The molecule has 2 N–H and O–H groups in total. The number of aromatic nitrogens is 4. The molecule has 4 aromatic rings. The maximum Gasteiger partial charge on any atom is 0.435 e. The van der Waals surface area contributed by atoms with Gasteiger partial charge in [0.1, 0.15) is 5.82 Å². The van der Waals surface area contributed by atoms with Gasteiger partial charge in [-0.05, 0) is 47.9 Å². The molecule has 1 aliphatic carbocycles. The molecule has 5 rings (SSSR count). The number of benzene rings is 1. The number of fused-ring (bicyclic) bond motifs is 3. The molecule has 0 fully saturated rings. The second-order valence-electron chi connectivity index (χ2n) is 7.91. The van der Waals surface area contributed by atoms with Crippen LogP contribution in [0.25, 0.3) is 27.9 Å². The first-order chi connectivity index (χ1) is 16.3. The zero-order chi connectivity index (χ0) is 24.0. The fourth-order valence-electron chi connectivity index (χ4n) is 4.29. The zero-order valence-electron chi connectivity index (χ0n) is 18.0. The average molecular weight is 469 g/mol. The molecule has 6 nitrogen and oxygen atoms in total. The summed E-state index contributed by atoms with van der Waals surface area (Å²) >= 11 is 0. The first-order valence-electron chi connectivity index (χ1n) is 10.6. The number of halogens is 4. The highest BCUT2D eigenvalue weighted by Gasteiger charge is 2.35. The standard InChI is InChI=1S/C24H19F4N5O/c1-2-30-19-7-15(25)6-17-16(19)8-20-22(17)23(33-4-3-21(32-33)24(26,27)28)18(11-31-20)14-5-13(12-34)9-29-10-14/h3-7,9-11,30,34H,2,8,12H2,1H3. The molecule has 0 radical (unpaired) electrons. The van der Waals surface area contributed by atoms with Gasteiger partial charge in [0.2, 0.25) is 0 Å². The lowest BCUT2D eigenvalue weighted by Gasteiger charge is -2.16. The molecule has 1 aromatic carbocycles. The molecule has 0 spiro atoms. The summed E-state index contributed by atoms with van der Waals surface area (Å²) in [5.74, 6) is -0.473. The fourth-order valence-corrected chi connectivity index (χ4v) is 4.29. The van der Waals surface area contributed by atoms with Crippen molar-refractivity contribution in [2.24, 2.45) is 0 Å². The van der Waals surface area contributed by atoms with Crippen LogP contribution in [0.4, 0.5) is 23.2 Å². The fraction of sp³-hybridized carbons (Fsp3) is 0.208. The smallest absolute Gasteiger partial charge is 0.392 e. The number of nitrogens with zero attached hydrogens (tertiary/aromatic N) is 4. The maximum atomic E-state index is 14.6. The molecule has 10 heteroatoms. The van der Waals surface area contributed by atoms with Crippen molar-refractivity contribution in [1.82, 2.24) is 19.7 Å². The number of aliphatic hydroxyl groups is 1. The molecule has 0 saturated carbocycles. The Labute approximate surface area is 191 Å². The normalized spacial score (nSPS) is 12.5. The van der Waals surface area contributed by atoms with Crippen molar-refractivity contribution in [3.8, 4) is 27.9 Å². The van der Waals surface area contributed by atoms with Gasteiger partial charge in [-0.15, -0.1) is 0 Å². The van der Waals surface area contributed by atoms with Crippen molar-refractivity contribution in [3.05, 3.63) is 77.4 Å². The van der Waals surface area contributed by atoms with E-state index in [0.717, 1.165) is 16.3 Å². The number of aliphatic hydroxyl groups excluding tert-OH is 1. The van der Waals surface area contributed by atoms with Crippen LogP contribution in [0, 0.1) is 5.82 Å². The summed E-state index contributed by atoms with van der Waals surface area (Å²) < 4.78 is 55.8. The van der Waals surface area contributed by atoms with Gasteiger partial charge < -0.3 is 10.4 Å². The van der Waals surface area contributed by atoms with Gasteiger partial charge in [0.15, 0.2) is 5.69 Å². The summed E-state index contributed by atoms with van der Waals surface area (Å²) in [5.41, 5.74) is 3.91. The number of nitrogens with one attached hydrogen (secondary N) is 1. The Kier molecular flexibility index (Phi) is 5.32. The van der Waals surface area contributed by atoms with Crippen molar-refractivity contribution in [2.75, 3.05) is 11.9 Å². The van der Waals surface area contributed by atoms with Crippen LogP contribution in [-0.2, 0) is 19.2 Å². The summed E-state index contributed by atoms with van der Waals surface area (Å²) in [4.78, 5) is 8.71.